The van der Waals surface area contributed by atoms with Crippen molar-refractivity contribution in [2.45, 2.75) is 44.9 Å². The molecule has 0 aliphatic rings. The summed E-state index contributed by atoms with van der Waals surface area (Å²) in [5.74, 6) is 0. The van der Waals surface area contributed by atoms with Gasteiger partial charge in [0.15, 0.2) is 0 Å². The Morgan fingerprint density at radius 2 is 1.24 bits per heavy atom. The van der Waals surface area contributed by atoms with Crippen molar-refractivity contribution < 1.29 is 24.5 Å². The molecule has 106 valence electrons. The van der Waals surface area contributed by atoms with Gasteiger partial charge in [-0.25, -0.2) is 0 Å². The Morgan fingerprint density at radius 3 is 1.71 bits per heavy atom. The Hall–Kier alpha value is -0.300. The van der Waals surface area contributed by atoms with Gasteiger partial charge >= 0.3 is 10.2 Å². The summed E-state index contributed by atoms with van der Waals surface area (Å²) < 4.78 is 59.1. The molecule has 0 spiro atoms. The SMILES string of the molecule is OCCCCCCCC/C=C/S(F)(F)(F)(F)F. The molecule has 0 rings (SSSR count). The quantitative estimate of drug-likeness (QED) is 0.436. The van der Waals surface area contributed by atoms with Gasteiger partial charge < -0.3 is 5.11 Å². The smallest absolute Gasteiger partial charge is 0.304 e. The van der Waals surface area contributed by atoms with Crippen molar-refractivity contribution in [1.29, 1.82) is 0 Å². The summed E-state index contributed by atoms with van der Waals surface area (Å²) in [5.41, 5.74) is 0. The molecule has 0 atom stereocenters. The van der Waals surface area contributed by atoms with Crippen LogP contribution in [0.5, 0.6) is 0 Å². The molecule has 0 aromatic rings. The molecule has 0 amide bonds. The minimum absolute atomic E-state index is 0.0194. The van der Waals surface area contributed by atoms with Crippen LogP contribution in [0.15, 0.2) is 11.5 Å². The molecule has 0 unspecified atom stereocenters. The highest BCUT2D eigenvalue weighted by atomic mass is 32.5. The lowest BCUT2D eigenvalue weighted by Crippen LogP contribution is -1.98. The van der Waals surface area contributed by atoms with E-state index in [4.69, 9.17) is 5.11 Å². The Balaban J connectivity index is 3.57. The number of unbranched alkanes of at least 4 members (excludes halogenated alkanes) is 6. The molecule has 0 bridgehead atoms. The summed E-state index contributed by atoms with van der Waals surface area (Å²) >= 11 is 0. The van der Waals surface area contributed by atoms with Crippen molar-refractivity contribution in [3.8, 4) is 0 Å². The van der Waals surface area contributed by atoms with Crippen molar-refractivity contribution in [2.24, 2.45) is 0 Å². The second-order valence-corrected chi connectivity index (χ2v) is 6.36. The molecule has 17 heavy (non-hydrogen) atoms. The van der Waals surface area contributed by atoms with E-state index in [1.165, 1.54) is 0 Å². The average molecular weight is 282 g/mol. The number of hydrogen-bond acceptors (Lipinski definition) is 1. The Labute approximate surface area is 98.4 Å². The maximum absolute atomic E-state index is 11.8. The van der Waals surface area contributed by atoms with E-state index in [0.717, 1.165) is 32.1 Å². The second-order valence-electron chi connectivity index (χ2n) is 4.03. The summed E-state index contributed by atoms with van der Waals surface area (Å²) in [6, 6.07) is 0. The van der Waals surface area contributed by atoms with Gasteiger partial charge in [0, 0.05) is 6.61 Å². The second kappa shape index (κ2) is 5.56. The Bertz CT molecular complexity index is 245. The van der Waals surface area contributed by atoms with E-state index in [-0.39, 0.29) is 13.0 Å². The van der Waals surface area contributed by atoms with E-state index in [1.807, 2.05) is 0 Å². The van der Waals surface area contributed by atoms with Gasteiger partial charge in [0.05, 0.1) is 5.41 Å². The van der Waals surface area contributed by atoms with Crippen molar-refractivity contribution in [3.05, 3.63) is 11.5 Å². The van der Waals surface area contributed by atoms with Crippen LogP contribution in [0, 0.1) is 0 Å². The van der Waals surface area contributed by atoms with Crippen molar-refractivity contribution in [2.75, 3.05) is 6.61 Å². The standard InChI is InChI=1S/C10H19F5OS/c11-17(12,13,14,15)10-8-6-4-2-1-3-5-7-9-16/h8,10,16H,1-7,9H2/b10-8+. The van der Waals surface area contributed by atoms with Crippen LogP contribution in [0.2, 0.25) is 0 Å². The van der Waals surface area contributed by atoms with Crippen molar-refractivity contribution >= 4 is 10.2 Å². The molecule has 0 aliphatic heterocycles. The highest BCUT2D eigenvalue weighted by Crippen LogP contribution is 2.98. The van der Waals surface area contributed by atoms with Crippen LogP contribution in [0.4, 0.5) is 19.4 Å². The van der Waals surface area contributed by atoms with Gasteiger partial charge in [-0.2, -0.15) is 0 Å². The molecular formula is C10H19F5OS. The third-order valence-corrected chi connectivity index (χ3v) is 2.84. The van der Waals surface area contributed by atoms with E-state index < -0.39 is 15.6 Å². The molecule has 7 heteroatoms. The summed E-state index contributed by atoms with van der Waals surface area (Å²) in [6.07, 6.45) is 5.10. The first-order valence-corrected chi connectivity index (χ1v) is 7.58. The predicted octanol–water partition coefficient (Wildman–Crippen LogP) is 5.52. The number of hydrogen-bond donors (Lipinski definition) is 1. The van der Waals surface area contributed by atoms with Crippen molar-refractivity contribution in [1.82, 2.24) is 0 Å². The van der Waals surface area contributed by atoms with Gasteiger partial charge in [0.25, 0.3) is 0 Å². The normalized spacial score (nSPS) is 17.1. The van der Waals surface area contributed by atoms with Crippen LogP contribution in [-0.4, -0.2) is 11.7 Å². The number of aliphatic hydroxyl groups is 1. The highest BCUT2D eigenvalue weighted by Gasteiger charge is 2.60. The highest BCUT2D eigenvalue weighted by molar-refractivity contribution is 8.48. The van der Waals surface area contributed by atoms with Gasteiger partial charge in [-0.15, -0.1) is 0 Å². The summed E-state index contributed by atoms with van der Waals surface area (Å²) in [7, 11) is -9.34. The van der Waals surface area contributed by atoms with Gasteiger partial charge in [0.2, 0.25) is 0 Å². The third kappa shape index (κ3) is 15.7. The maximum Gasteiger partial charge on any atom is 0.304 e. The fraction of sp³-hybridized carbons (Fsp3) is 0.800. The number of allylic oxidation sites excluding steroid dienone is 1. The molecule has 0 saturated carbocycles. The van der Waals surface area contributed by atoms with Crippen LogP contribution in [-0.2, 0) is 0 Å². The van der Waals surface area contributed by atoms with Crippen LogP contribution in [0.3, 0.4) is 0 Å². The van der Waals surface area contributed by atoms with E-state index >= 15 is 0 Å². The summed E-state index contributed by atoms with van der Waals surface area (Å²) in [5, 5.41) is 7.61. The Morgan fingerprint density at radius 1 is 0.765 bits per heavy atom. The summed E-state index contributed by atoms with van der Waals surface area (Å²) in [4.78, 5) is 0. The first kappa shape index (κ1) is 16.7. The molecule has 0 aliphatic carbocycles. The minimum Gasteiger partial charge on any atom is -0.396 e. The molecule has 0 fully saturated rings. The molecule has 0 radical (unpaired) electrons. The lowest BCUT2D eigenvalue weighted by Gasteiger charge is -2.36. The van der Waals surface area contributed by atoms with Crippen molar-refractivity contribution in [3.63, 3.8) is 0 Å². The van der Waals surface area contributed by atoms with Gasteiger partial charge in [0.1, 0.15) is 0 Å². The zero-order chi connectivity index (χ0) is 13.5. The number of halogens is 5. The monoisotopic (exact) mass is 282 g/mol. The van der Waals surface area contributed by atoms with Crippen LogP contribution >= 0.6 is 10.2 Å². The third-order valence-electron chi connectivity index (χ3n) is 2.13. The van der Waals surface area contributed by atoms with E-state index in [9.17, 15) is 19.4 Å². The predicted molar refractivity (Wildman–Crippen MR) is 61.7 cm³/mol. The van der Waals surface area contributed by atoms with Gasteiger partial charge in [-0.1, -0.05) is 51.2 Å². The zero-order valence-corrected chi connectivity index (χ0v) is 10.4. The molecule has 0 aromatic carbocycles. The Kier molecular flexibility index (Phi) is 5.46. The maximum atomic E-state index is 11.8. The summed E-state index contributed by atoms with van der Waals surface area (Å²) in [6.45, 7) is 0.145. The molecule has 0 aromatic heterocycles. The lowest BCUT2D eigenvalue weighted by atomic mass is 10.1. The lowest BCUT2D eigenvalue weighted by molar-refractivity contribution is 0.282. The minimum atomic E-state index is -9.34. The van der Waals surface area contributed by atoms with E-state index in [1.54, 1.807) is 0 Å². The van der Waals surface area contributed by atoms with Gasteiger partial charge in [-0.05, 0) is 19.3 Å². The molecular weight excluding hydrogens is 263 g/mol. The first-order chi connectivity index (χ1) is 7.54. The van der Waals surface area contributed by atoms with E-state index in [2.05, 4.69) is 0 Å². The molecule has 0 heterocycles. The zero-order valence-electron chi connectivity index (χ0n) is 9.56. The topological polar surface area (TPSA) is 20.2 Å². The fourth-order valence-corrected chi connectivity index (χ4v) is 1.83. The van der Waals surface area contributed by atoms with Crippen LogP contribution in [0.1, 0.15) is 44.9 Å². The fourth-order valence-electron chi connectivity index (χ4n) is 1.33. The van der Waals surface area contributed by atoms with Crippen LogP contribution in [0.25, 0.3) is 0 Å². The molecule has 1 N–H and O–H groups in total. The van der Waals surface area contributed by atoms with Gasteiger partial charge in [-0.3, -0.25) is 0 Å². The number of rotatable bonds is 9. The number of aliphatic hydroxyl groups excluding tert-OH is 1. The molecule has 0 saturated heterocycles. The first-order valence-electron chi connectivity index (χ1n) is 5.57. The molecule has 1 nitrogen and oxygen atoms in total. The van der Waals surface area contributed by atoms with Crippen LogP contribution < -0.4 is 0 Å². The largest absolute Gasteiger partial charge is 0.396 e. The van der Waals surface area contributed by atoms with E-state index in [0.29, 0.717) is 12.5 Å². The average Bonchev–Trinajstić information content (AvgIpc) is 2.11.